The van der Waals surface area contributed by atoms with E-state index in [9.17, 15) is 4.79 Å². The maximum Gasteiger partial charge on any atom is 0.162 e. The Labute approximate surface area is 104 Å². The molecule has 1 aromatic carbocycles. The van der Waals surface area contributed by atoms with Crippen LogP contribution in [0.15, 0.2) is 12.1 Å². The second-order valence-corrected chi connectivity index (χ2v) is 4.39. The van der Waals surface area contributed by atoms with E-state index in [1.54, 1.807) is 0 Å². The van der Waals surface area contributed by atoms with E-state index in [-0.39, 0.29) is 12.4 Å². The van der Waals surface area contributed by atoms with Gasteiger partial charge in [-0.15, -0.1) is 0 Å². The van der Waals surface area contributed by atoms with Crippen molar-refractivity contribution in [1.82, 2.24) is 0 Å². The minimum atomic E-state index is 0.205. The van der Waals surface area contributed by atoms with E-state index in [1.807, 2.05) is 19.1 Å². The molecule has 0 spiro atoms. The molecular weight excluding hydrogens is 212 g/mol. The zero-order valence-electron chi connectivity index (χ0n) is 11.0. The molecule has 1 rings (SSSR count). The summed E-state index contributed by atoms with van der Waals surface area (Å²) < 4.78 is 0. The summed E-state index contributed by atoms with van der Waals surface area (Å²) in [5.74, 6) is 0.205. The Morgan fingerprint density at radius 2 is 2.00 bits per heavy atom. The van der Waals surface area contributed by atoms with Gasteiger partial charge in [0.15, 0.2) is 5.78 Å². The summed E-state index contributed by atoms with van der Waals surface area (Å²) in [7, 11) is 0. The molecule has 0 aliphatic heterocycles. The normalized spacial score (nSPS) is 10.6. The van der Waals surface area contributed by atoms with Crippen molar-refractivity contribution in [3.8, 4) is 0 Å². The van der Waals surface area contributed by atoms with Crippen LogP contribution in [-0.4, -0.2) is 17.5 Å². The maximum absolute atomic E-state index is 11.7. The highest BCUT2D eigenvalue weighted by Gasteiger charge is 2.10. The highest BCUT2D eigenvalue weighted by atomic mass is 16.2. The number of rotatable bonds is 6. The van der Waals surface area contributed by atoms with Gasteiger partial charge in [0, 0.05) is 18.6 Å². The van der Waals surface area contributed by atoms with Gasteiger partial charge in [0.1, 0.15) is 0 Å². The molecule has 0 aliphatic carbocycles. The van der Waals surface area contributed by atoms with Gasteiger partial charge in [-0.3, -0.25) is 4.79 Å². The number of carbonyl (C=O) groups is 1. The maximum atomic E-state index is 11.7. The fourth-order valence-corrected chi connectivity index (χ4v) is 2.18. The molecule has 0 heterocycles. The van der Waals surface area contributed by atoms with Crippen molar-refractivity contribution in [1.29, 1.82) is 0 Å². The van der Waals surface area contributed by atoms with E-state index >= 15 is 0 Å². The summed E-state index contributed by atoms with van der Waals surface area (Å²) in [6.07, 6.45) is 3.17. The third-order valence-corrected chi connectivity index (χ3v) is 3.17. The number of aryl methyl sites for hydroxylation is 2. The molecule has 94 valence electrons. The number of aliphatic hydroxyl groups excluding tert-OH is 1. The van der Waals surface area contributed by atoms with Gasteiger partial charge in [-0.2, -0.15) is 0 Å². The zero-order chi connectivity index (χ0) is 12.8. The summed E-state index contributed by atoms with van der Waals surface area (Å²) >= 11 is 0. The number of Topliss-reactive ketones (excluding diaryl/α,β-unsaturated/α-hetero) is 1. The van der Waals surface area contributed by atoms with E-state index in [0.29, 0.717) is 6.42 Å². The second-order valence-electron chi connectivity index (χ2n) is 4.39. The van der Waals surface area contributed by atoms with E-state index in [4.69, 9.17) is 5.11 Å². The van der Waals surface area contributed by atoms with Crippen LogP contribution >= 0.6 is 0 Å². The molecule has 0 aromatic heterocycles. The Morgan fingerprint density at radius 3 is 2.53 bits per heavy atom. The van der Waals surface area contributed by atoms with Crippen molar-refractivity contribution < 1.29 is 9.90 Å². The molecule has 0 fully saturated rings. The van der Waals surface area contributed by atoms with Crippen LogP contribution in [0.2, 0.25) is 0 Å². The lowest BCUT2D eigenvalue weighted by Crippen LogP contribution is -2.04. The van der Waals surface area contributed by atoms with E-state index in [2.05, 4.69) is 13.8 Å². The summed E-state index contributed by atoms with van der Waals surface area (Å²) in [6, 6.07) is 4.00. The van der Waals surface area contributed by atoms with Crippen LogP contribution in [0.4, 0.5) is 0 Å². The van der Waals surface area contributed by atoms with Crippen molar-refractivity contribution in [2.24, 2.45) is 0 Å². The summed E-state index contributed by atoms with van der Waals surface area (Å²) in [4.78, 5) is 11.7. The highest BCUT2D eigenvalue weighted by Crippen LogP contribution is 2.20. The first-order valence-electron chi connectivity index (χ1n) is 6.40. The fourth-order valence-electron chi connectivity index (χ4n) is 2.18. The van der Waals surface area contributed by atoms with Crippen LogP contribution in [0.3, 0.4) is 0 Å². The molecule has 0 aliphatic rings. The van der Waals surface area contributed by atoms with Crippen molar-refractivity contribution in [2.45, 2.75) is 46.5 Å². The van der Waals surface area contributed by atoms with E-state index in [1.165, 1.54) is 16.7 Å². The lowest BCUT2D eigenvalue weighted by Gasteiger charge is -2.13. The molecule has 0 bridgehead atoms. The van der Waals surface area contributed by atoms with Gasteiger partial charge in [0.05, 0.1) is 0 Å². The molecule has 2 nitrogen and oxygen atoms in total. The van der Waals surface area contributed by atoms with Gasteiger partial charge in [0.25, 0.3) is 0 Å². The Kier molecular flexibility index (Phi) is 5.36. The lowest BCUT2D eigenvalue weighted by atomic mass is 9.92. The van der Waals surface area contributed by atoms with Crippen LogP contribution in [0.25, 0.3) is 0 Å². The number of hydrogen-bond donors (Lipinski definition) is 1. The molecule has 1 N–H and O–H groups in total. The quantitative estimate of drug-likeness (QED) is 0.768. The number of carbonyl (C=O) groups excluding carboxylic acids is 1. The smallest absolute Gasteiger partial charge is 0.162 e. The minimum Gasteiger partial charge on any atom is -0.396 e. The summed E-state index contributed by atoms with van der Waals surface area (Å²) in [5, 5.41) is 8.91. The first-order valence-corrected chi connectivity index (χ1v) is 6.40. The first-order chi connectivity index (χ1) is 8.13. The Balaban J connectivity index is 3.11. The molecule has 0 radical (unpaired) electrons. The summed E-state index contributed by atoms with van der Waals surface area (Å²) in [5.41, 5.74) is 4.55. The van der Waals surface area contributed by atoms with Gasteiger partial charge in [-0.1, -0.05) is 13.8 Å². The van der Waals surface area contributed by atoms with Crippen LogP contribution in [0.5, 0.6) is 0 Å². The minimum absolute atomic E-state index is 0.205. The number of ketones is 1. The van der Waals surface area contributed by atoms with Crippen molar-refractivity contribution in [3.63, 3.8) is 0 Å². The standard InChI is InChI=1S/C15H22O2/c1-4-12-10-13(15(17)5-2)9-11(3)14(12)7-6-8-16/h9-10,16H,4-8H2,1-3H3. The molecule has 0 saturated heterocycles. The molecule has 0 amide bonds. The third kappa shape index (κ3) is 3.40. The van der Waals surface area contributed by atoms with Crippen LogP contribution in [0.1, 0.15) is 53.7 Å². The molecule has 0 atom stereocenters. The Hall–Kier alpha value is -1.15. The van der Waals surface area contributed by atoms with Gasteiger partial charge in [0.2, 0.25) is 0 Å². The molecule has 2 heteroatoms. The second kappa shape index (κ2) is 6.55. The fraction of sp³-hybridized carbons (Fsp3) is 0.533. The highest BCUT2D eigenvalue weighted by molar-refractivity contribution is 5.96. The van der Waals surface area contributed by atoms with Gasteiger partial charge >= 0.3 is 0 Å². The van der Waals surface area contributed by atoms with E-state index < -0.39 is 0 Å². The SMILES string of the molecule is CCC(=O)c1cc(C)c(CCCO)c(CC)c1. The largest absolute Gasteiger partial charge is 0.396 e. The zero-order valence-corrected chi connectivity index (χ0v) is 11.0. The predicted octanol–water partition coefficient (Wildman–Crippen LogP) is 3.08. The monoisotopic (exact) mass is 234 g/mol. The van der Waals surface area contributed by atoms with Crippen molar-refractivity contribution in [2.75, 3.05) is 6.61 Å². The van der Waals surface area contributed by atoms with Gasteiger partial charge in [-0.05, 0) is 55.0 Å². The third-order valence-electron chi connectivity index (χ3n) is 3.17. The number of aliphatic hydroxyl groups is 1. The average molecular weight is 234 g/mol. The van der Waals surface area contributed by atoms with Crippen LogP contribution in [0, 0.1) is 6.92 Å². The summed E-state index contributed by atoms with van der Waals surface area (Å²) in [6.45, 7) is 6.27. The van der Waals surface area contributed by atoms with Crippen molar-refractivity contribution >= 4 is 5.78 Å². The molecule has 1 aromatic rings. The van der Waals surface area contributed by atoms with E-state index in [0.717, 1.165) is 24.8 Å². The van der Waals surface area contributed by atoms with Gasteiger partial charge < -0.3 is 5.11 Å². The number of hydrogen-bond acceptors (Lipinski definition) is 2. The van der Waals surface area contributed by atoms with Gasteiger partial charge in [-0.25, -0.2) is 0 Å². The molecular formula is C15H22O2. The topological polar surface area (TPSA) is 37.3 Å². The molecule has 0 unspecified atom stereocenters. The lowest BCUT2D eigenvalue weighted by molar-refractivity contribution is 0.0988. The predicted molar refractivity (Wildman–Crippen MR) is 70.6 cm³/mol. The van der Waals surface area contributed by atoms with Crippen molar-refractivity contribution in [3.05, 3.63) is 34.4 Å². The Bertz CT molecular complexity index is 394. The Morgan fingerprint density at radius 1 is 1.29 bits per heavy atom. The molecule has 17 heavy (non-hydrogen) atoms. The number of benzene rings is 1. The molecule has 0 saturated carbocycles. The van der Waals surface area contributed by atoms with Crippen LogP contribution in [-0.2, 0) is 12.8 Å². The first kappa shape index (κ1) is 13.9. The van der Waals surface area contributed by atoms with Crippen LogP contribution < -0.4 is 0 Å². The average Bonchev–Trinajstić information content (AvgIpc) is 2.35.